The molecule has 2 aromatic rings. The van der Waals surface area contributed by atoms with E-state index < -0.39 is 0 Å². The highest BCUT2D eigenvalue weighted by Crippen LogP contribution is 2.32. The smallest absolute Gasteiger partial charge is 0.161 e. The minimum Gasteiger partial charge on any atom is -0.493 e. The molecular formula is C10H10N2O2S. The third-order valence-electron chi connectivity index (χ3n) is 1.99. The molecule has 1 heterocycles. The summed E-state index contributed by atoms with van der Waals surface area (Å²) in [4.78, 5) is 0. The summed E-state index contributed by atoms with van der Waals surface area (Å²) >= 11 is 1.49. The third-order valence-corrected chi connectivity index (χ3v) is 2.73. The minimum absolute atomic E-state index is 0.699. The minimum atomic E-state index is 0.699. The summed E-state index contributed by atoms with van der Waals surface area (Å²) in [7, 11) is 3.23. The highest BCUT2D eigenvalue weighted by atomic mass is 32.1. The van der Waals surface area contributed by atoms with Gasteiger partial charge in [-0.2, -0.15) is 0 Å². The van der Waals surface area contributed by atoms with E-state index in [1.807, 2.05) is 18.2 Å². The van der Waals surface area contributed by atoms with Crippen molar-refractivity contribution in [1.29, 1.82) is 0 Å². The van der Waals surface area contributed by atoms with E-state index in [4.69, 9.17) is 9.47 Å². The fourth-order valence-electron chi connectivity index (χ4n) is 1.27. The van der Waals surface area contributed by atoms with Crippen LogP contribution in [0.5, 0.6) is 11.5 Å². The molecule has 0 atom stereocenters. The topological polar surface area (TPSA) is 44.2 Å². The predicted molar refractivity (Wildman–Crippen MR) is 58.4 cm³/mol. The van der Waals surface area contributed by atoms with E-state index in [2.05, 4.69) is 10.2 Å². The Morgan fingerprint density at radius 1 is 1.13 bits per heavy atom. The molecule has 0 fully saturated rings. The van der Waals surface area contributed by atoms with Crippen LogP contribution in [0.15, 0.2) is 23.7 Å². The standard InChI is InChI=1S/C10H10N2O2S/c1-13-8-4-3-7(5-9(8)14-2)10-12-11-6-15-10/h3-6H,1-2H3. The van der Waals surface area contributed by atoms with Gasteiger partial charge in [-0.3, -0.25) is 0 Å². The summed E-state index contributed by atoms with van der Waals surface area (Å²) in [6.07, 6.45) is 0. The first-order chi connectivity index (χ1) is 7.35. The van der Waals surface area contributed by atoms with E-state index in [1.54, 1.807) is 19.7 Å². The first-order valence-electron chi connectivity index (χ1n) is 4.33. The van der Waals surface area contributed by atoms with Crippen LogP contribution in [-0.2, 0) is 0 Å². The average molecular weight is 222 g/mol. The maximum atomic E-state index is 5.21. The summed E-state index contributed by atoms with van der Waals surface area (Å²) in [5.41, 5.74) is 2.68. The second kappa shape index (κ2) is 4.27. The van der Waals surface area contributed by atoms with Crippen LogP contribution in [0.1, 0.15) is 0 Å². The van der Waals surface area contributed by atoms with Crippen LogP contribution in [0.4, 0.5) is 0 Å². The van der Waals surface area contributed by atoms with Crippen molar-refractivity contribution in [3.8, 4) is 22.1 Å². The van der Waals surface area contributed by atoms with Crippen molar-refractivity contribution in [3.05, 3.63) is 23.7 Å². The van der Waals surface area contributed by atoms with E-state index in [1.165, 1.54) is 11.3 Å². The monoisotopic (exact) mass is 222 g/mol. The summed E-state index contributed by atoms with van der Waals surface area (Å²) in [5, 5.41) is 8.65. The summed E-state index contributed by atoms with van der Waals surface area (Å²) in [6.45, 7) is 0. The maximum Gasteiger partial charge on any atom is 0.161 e. The Balaban J connectivity index is 2.43. The summed E-state index contributed by atoms with van der Waals surface area (Å²) < 4.78 is 10.4. The molecule has 0 amide bonds. The van der Waals surface area contributed by atoms with E-state index in [-0.39, 0.29) is 0 Å². The molecule has 0 aliphatic rings. The van der Waals surface area contributed by atoms with Gasteiger partial charge in [0.2, 0.25) is 0 Å². The van der Waals surface area contributed by atoms with Crippen molar-refractivity contribution in [1.82, 2.24) is 10.2 Å². The van der Waals surface area contributed by atoms with E-state index in [0.29, 0.717) is 11.5 Å². The molecule has 0 bridgehead atoms. The van der Waals surface area contributed by atoms with Crippen LogP contribution in [0.25, 0.3) is 10.6 Å². The van der Waals surface area contributed by atoms with Crippen molar-refractivity contribution in [2.24, 2.45) is 0 Å². The zero-order chi connectivity index (χ0) is 10.7. The lowest BCUT2D eigenvalue weighted by molar-refractivity contribution is 0.355. The first kappa shape index (κ1) is 9.92. The normalized spacial score (nSPS) is 10.0. The van der Waals surface area contributed by atoms with Crippen molar-refractivity contribution in [2.45, 2.75) is 0 Å². The van der Waals surface area contributed by atoms with Crippen molar-refractivity contribution in [2.75, 3.05) is 14.2 Å². The van der Waals surface area contributed by atoms with Crippen molar-refractivity contribution in [3.63, 3.8) is 0 Å². The van der Waals surface area contributed by atoms with Gasteiger partial charge in [0, 0.05) is 5.56 Å². The number of hydrogen-bond acceptors (Lipinski definition) is 5. The molecule has 0 aliphatic heterocycles. The van der Waals surface area contributed by atoms with Crippen LogP contribution in [0.2, 0.25) is 0 Å². The van der Waals surface area contributed by atoms with E-state index >= 15 is 0 Å². The summed E-state index contributed by atoms with van der Waals surface area (Å²) in [5.74, 6) is 1.41. The van der Waals surface area contributed by atoms with Crippen LogP contribution >= 0.6 is 11.3 Å². The number of methoxy groups -OCH3 is 2. The Bertz CT molecular complexity index is 443. The van der Waals surface area contributed by atoms with Crippen LogP contribution in [0.3, 0.4) is 0 Å². The lowest BCUT2D eigenvalue weighted by Crippen LogP contribution is -1.90. The molecular weight excluding hydrogens is 212 g/mol. The van der Waals surface area contributed by atoms with Gasteiger partial charge in [-0.1, -0.05) is 11.3 Å². The molecule has 0 saturated carbocycles. The molecule has 1 aromatic carbocycles. The number of hydrogen-bond donors (Lipinski definition) is 0. The quantitative estimate of drug-likeness (QED) is 0.798. The molecule has 0 unspecified atom stereocenters. The Kier molecular flexibility index (Phi) is 2.82. The molecule has 5 heteroatoms. The Hall–Kier alpha value is -1.62. The third kappa shape index (κ3) is 1.92. The SMILES string of the molecule is COc1ccc(-c2nncs2)cc1OC. The second-order valence-corrected chi connectivity index (χ2v) is 3.65. The van der Waals surface area contributed by atoms with Crippen molar-refractivity contribution >= 4 is 11.3 Å². The molecule has 1 aromatic heterocycles. The van der Waals surface area contributed by atoms with Gasteiger partial charge < -0.3 is 9.47 Å². The number of rotatable bonds is 3. The molecule has 4 nitrogen and oxygen atoms in total. The summed E-state index contributed by atoms with van der Waals surface area (Å²) in [6, 6.07) is 5.68. The fraction of sp³-hybridized carbons (Fsp3) is 0.200. The molecule has 0 aliphatic carbocycles. The zero-order valence-corrected chi connectivity index (χ0v) is 9.25. The molecule has 0 radical (unpaired) electrons. The lowest BCUT2D eigenvalue weighted by Gasteiger charge is -2.07. The number of benzene rings is 1. The molecule has 0 N–H and O–H groups in total. The van der Waals surface area contributed by atoms with Gasteiger partial charge >= 0.3 is 0 Å². The Morgan fingerprint density at radius 2 is 1.93 bits per heavy atom. The van der Waals surface area contributed by atoms with Gasteiger partial charge in [0.05, 0.1) is 14.2 Å². The predicted octanol–water partition coefficient (Wildman–Crippen LogP) is 2.22. The van der Waals surface area contributed by atoms with Crippen molar-refractivity contribution < 1.29 is 9.47 Å². The molecule has 2 rings (SSSR count). The maximum absolute atomic E-state index is 5.21. The highest BCUT2D eigenvalue weighted by molar-refractivity contribution is 7.12. The van der Waals surface area contributed by atoms with E-state index in [9.17, 15) is 0 Å². The fourth-order valence-corrected chi connectivity index (χ4v) is 1.82. The molecule has 15 heavy (non-hydrogen) atoms. The van der Waals surface area contributed by atoms with Crippen LogP contribution in [-0.4, -0.2) is 24.4 Å². The zero-order valence-electron chi connectivity index (χ0n) is 8.43. The van der Waals surface area contributed by atoms with Crippen LogP contribution < -0.4 is 9.47 Å². The Morgan fingerprint density at radius 3 is 2.53 bits per heavy atom. The molecule has 78 valence electrons. The second-order valence-electron chi connectivity index (χ2n) is 2.81. The highest BCUT2D eigenvalue weighted by Gasteiger charge is 2.07. The van der Waals surface area contributed by atoms with Gasteiger partial charge in [0.1, 0.15) is 10.5 Å². The Labute approximate surface area is 91.5 Å². The molecule has 0 spiro atoms. The first-order valence-corrected chi connectivity index (χ1v) is 5.21. The average Bonchev–Trinajstić information content (AvgIpc) is 2.81. The molecule has 0 saturated heterocycles. The van der Waals surface area contributed by atoms with Gasteiger partial charge in [-0.25, -0.2) is 0 Å². The lowest BCUT2D eigenvalue weighted by atomic mass is 10.2. The van der Waals surface area contributed by atoms with Gasteiger partial charge in [0.25, 0.3) is 0 Å². The van der Waals surface area contributed by atoms with Crippen LogP contribution in [0, 0.1) is 0 Å². The van der Waals surface area contributed by atoms with Gasteiger partial charge in [-0.05, 0) is 18.2 Å². The largest absolute Gasteiger partial charge is 0.493 e. The number of aromatic nitrogens is 2. The number of nitrogens with zero attached hydrogens (tertiary/aromatic N) is 2. The van der Waals surface area contributed by atoms with Gasteiger partial charge in [0.15, 0.2) is 11.5 Å². The number of ether oxygens (including phenoxy) is 2. The van der Waals surface area contributed by atoms with E-state index in [0.717, 1.165) is 10.6 Å². The van der Waals surface area contributed by atoms with Gasteiger partial charge in [-0.15, -0.1) is 10.2 Å².